The Morgan fingerprint density at radius 2 is 0.821 bits per heavy atom. The van der Waals surface area contributed by atoms with Crippen molar-refractivity contribution in [3.05, 3.63) is 0 Å². The van der Waals surface area contributed by atoms with Gasteiger partial charge in [-0.25, -0.2) is 0 Å². The summed E-state index contributed by atoms with van der Waals surface area (Å²) in [4.78, 5) is 12.6. The van der Waals surface area contributed by atoms with E-state index in [1.807, 2.05) is 0 Å². The van der Waals surface area contributed by atoms with Crippen LogP contribution in [0, 0.1) is 0 Å². The Morgan fingerprint density at radius 1 is 0.464 bits per heavy atom. The van der Waals surface area contributed by atoms with Crippen molar-refractivity contribution in [1.29, 1.82) is 0 Å². The molecule has 0 bridgehead atoms. The van der Waals surface area contributed by atoms with Gasteiger partial charge < -0.3 is 14.2 Å². The van der Waals surface area contributed by atoms with Crippen LogP contribution in [-0.4, -0.2) is 46.0 Å². The van der Waals surface area contributed by atoms with Crippen molar-refractivity contribution >= 4 is 26.2 Å². The van der Waals surface area contributed by atoms with Gasteiger partial charge in [0.2, 0.25) is 0 Å². The van der Waals surface area contributed by atoms with E-state index < -0.39 is 9.28 Å². The molecule has 1 atom stereocenters. The van der Waals surface area contributed by atoms with Gasteiger partial charge in [-0.3, -0.25) is 4.79 Å². The molecular formula is C50H103NO3SSi. The van der Waals surface area contributed by atoms with Crippen molar-refractivity contribution in [2.75, 3.05) is 26.0 Å². The van der Waals surface area contributed by atoms with E-state index in [-0.39, 0.29) is 5.54 Å². The second-order valence-corrected chi connectivity index (χ2v) is 21.0. The van der Waals surface area contributed by atoms with Crippen LogP contribution < -0.4 is 5.32 Å². The third-order valence-electron chi connectivity index (χ3n) is 12.2. The summed E-state index contributed by atoms with van der Waals surface area (Å²) in [6.45, 7) is 10.8. The molecule has 0 spiro atoms. The molecule has 6 heteroatoms. The summed E-state index contributed by atoms with van der Waals surface area (Å²) in [6, 6.07) is 1.02. The molecule has 0 fully saturated rings. The van der Waals surface area contributed by atoms with Crippen LogP contribution >= 0.6 is 11.8 Å². The van der Waals surface area contributed by atoms with Crippen LogP contribution in [0.1, 0.15) is 278 Å². The lowest BCUT2D eigenvalue weighted by atomic mass is 9.87. The maximum atomic E-state index is 12.6. The Bertz CT molecular complexity index is 747. The van der Waals surface area contributed by atoms with E-state index in [9.17, 15) is 4.79 Å². The fourth-order valence-electron chi connectivity index (χ4n) is 8.15. The number of hydrogen-bond donors (Lipinski definition) is 1. The molecule has 0 aliphatic heterocycles. The van der Waals surface area contributed by atoms with Crippen molar-refractivity contribution in [3.63, 3.8) is 0 Å². The van der Waals surface area contributed by atoms with Gasteiger partial charge in [-0.2, -0.15) is 0 Å². The highest BCUT2D eigenvalue weighted by molar-refractivity contribution is 8.13. The lowest BCUT2D eigenvalue weighted by Gasteiger charge is -2.35. The molecule has 4 nitrogen and oxygen atoms in total. The lowest BCUT2D eigenvalue weighted by Crippen LogP contribution is -2.49. The highest BCUT2D eigenvalue weighted by atomic mass is 32.2. The fraction of sp³-hybridized carbons (Fsp3) is 0.980. The minimum Gasteiger partial charge on any atom is -0.397 e. The molecule has 0 aliphatic rings. The standard InChI is InChI=1S/C50H103NO3SSi/c1-6-10-14-18-21-24-27-30-34-38-43-50(51-5,44-39-35-31-28-25-22-19-15-11-7-2)48-54-56(47-41-46-55-49(52)42-37-33-17-13-9-4)53-45-40-36-32-29-26-23-20-16-12-8-3/h51,56H,6-48H2,1-5H3. The van der Waals surface area contributed by atoms with Crippen LogP contribution in [0.4, 0.5) is 0 Å². The summed E-state index contributed by atoms with van der Waals surface area (Å²) in [5.41, 5.74) is 0.0501. The molecule has 0 aliphatic carbocycles. The molecule has 0 heterocycles. The second kappa shape index (κ2) is 46.2. The van der Waals surface area contributed by atoms with Crippen molar-refractivity contribution in [2.24, 2.45) is 0 Å². The zero-order chi connectivity index (χ0) is 40.9. The van der Waals surface area contributed by atoms with Gasteiger partial charge in [-0.1, -0.05) is 251 Å². The molecule has 0 saturated heterocycles. The first-order valence-corrected chi connectivity index (χ1v) is 28.4. The summed E-state index contributed by atoms with van der Waals surface area (Å²) in [5, 5.41) is 4.23. The molecule has 0 amide bonds. The monoisotopic (exact) mass is 826 g/mol. The Hall–Kier alpha value is 0.117. The van der Waals surface area contributed by atoms with Gasteiger partial charge in [0.25, 0.3) is 0 Å². The first-order chi connectivity index (χ1) is 27.6. The van der Waals surface area contributed by atoms with Gasteiger partial charge in [0.05, 0.1) is 6.61 Å². The van der Waals surface area contributed by atoms with E-state index >= 15 is 0 Å². The highest BCUT2D eigenvalue weighted by Crippen LogP contribution is 2.26. The Morgan fingerprint density at radius 3 is 1.21 bits per heavy atom. The molecule has 1 unspecified atom stereocenters. The zero-order valence-corrected chi connectivity index (χ0v) is 41.1. The third kappa shape index (κ3) is 39.6. The van der Waals surface area contributed by atoms with E-state index in [1.54, 1.807) is 11.8 Å². The van der Waals surface area contributed by atoms with Crippen LogP contribution in [0.15, 0.2) is 0 Å². The van der Waals surface area contributed by atoms with Crippen LogP contribution in [-0.2, 0) is 13.6 Å². The maximum Gasteiger partial charge on any atom is 0.321 e. The Balaban J connectivity index is 5.09. The van der Waals surface area contributed by atoms with Gasteiger partial charge in [-0.05, 0) is 45.2 Å². The van der Waals surface area contributed by atoms with E-state index in [4.69, 9.17) is 8.85 Å². The largest absolute Gasteiger partial charge is 0.397 e. The van der Waals surface area contributed by atoms with E-state index in [1.165, 1.54) is 225 Å². The fourth-order valence-corrected chi connectivity index (χ4v) is 11.2. The van der Waals surface area contributed by atoms with Gasteiger partial charge >= 0.3 is 9.28 Å². The van der Waals surface area contributed by atoms with Gasteiger partial charge in [-0.15, -0.1) is 0 Å². The first-order valence-electron chi connectivity index (χ1n) is 25.6. The smallest absolute Gasteiger partial charge is 0.321 e. The van der Waals surface area contributed by atoms with Crippen molar-refractivity contribution in [2.45, 2.75) is 290 Å². The second-order valence-electron chi connectivity index (χ2n) is 17.7. The average molecular weight is 827 g/mol. The van der Waals surface area contributed by atoms with Gasteiger partial charge in [0.1, 0.15) is 0 Å². The summed E-state index contributed by atoms with van der Waals surface area (Å²) in [5.74, 6) is 0.913. The minimum absolute atomic E-state index is 0.0501. The normalized spacial score (nSPS) is 12.5. The highest BCUT2D eigenvalue weighted by Gasteiger charge is 2.29. The summed E-state index contributed by atoms with van der Waals surface area (Å²) >= 11 is 1.56. The van der Waals surface area contributed by atoms with Crippen molar-refractivity contribution in [1.82, 2.24) is 5.32 Å². The number of unbranched alkanes of at least 4 members (excludes halogenated alkanes) is 31. The molecule has 0 saturated carbocycles. The van der Waals surface area contributed by atoms with Crippen LogP contribution in [0.5, 0.6) is 0 Å². The number of rotatable bonds is 48. The van der Waals surface area contributed by atoms with Crippen molar-refractivity contribution < 1.29 is 13.6 Å². The van der Waals surface area contributed by atoms with E-state index in [2.05, 4.69) is 40.1 Å². The number of carbonyl (C=O) groups is 1. The number of thioether (sulfide) groups is 1. The van der Waals surface area contributed by atoms with Crippen LogP contribution in [0.3, 0.4) is 0 Å². The molecule has 0 aromatic rings. The summed E-state index contributed by atoms with van der Waals surface area (Å²) in [7, 11) is 0.366. The predicted molar refractivity (Wildman–Crippen MR) is 256 cm³/mol. The molecule has 0 rings (SSSR count). The van der Waals surface area contributed by atoms with Crippen LogP contribution in [0.2, 0.25) is 6.04 Å². The summed E-state index contributed by atoms with van der Waals surface area (Å²) in [6.07, 6.45) is 51.4. The Labute approximate surface area is 359 Å². The maximum absolute atomic E-state index is 12.6. The summed E-state index contributed by atoms with van der Waals surface area (Å²) < 4.78 is 13.6. The molecule has 56 heavy (non-hydrogen) atoms. The molecule has 0 aromatic heterocycles. The van der Waals surface area contributed by atoms with Crippen molar-refractivity contribution in [3.8, 4) is 0 Å². The quantitative estimate of drug-likeness (QED) is 0.0489. The van der Waals surface area contributed by atoms with Gasteiger partial charge in [0.15, 0.2) is 5.12 Å². The number of nitrogens with one attached hydrogen (secondary N) is 1. The first kappa shape index (κ1) is 56.1. The zero-order valence-electron chi connectivity index (χ0n) is 39.1. The predicted octanol–water partition coefficient (Wildman–Crippen LogP) is 16.8. The Kier molecular flexibility index (Phi) is 46.3. The number of likely N-dealkylation sites (N-methyl/N-ethyl adjacent to an activating group) is 1. The molecule has 336 valence electrons. The minimum atomic E-state index is -1.83. The topological polar surface area (TPSA) is 47.6 Å². The SMILES string of the molecule is CCCCCCCCCCCCO[SiH](CCCSC(=O)CCCCCCC)OCC(CCCCCCCCCCCC)(CCCCCCCCCCCC)NC. The molecule has 0 radical (unpaired) electrons. The molecule has 1 N–H and O–H groups in total. The average Bonchev–Trinajstić information content (AvgIpc) is 3.21. The third-order valence-corrected chi connectivity index (χ3v) is 15.3. The molecule has 0 aromatic carbocycles. The number of hydrogen-bond acceptors (Lipinski definition) is 5. The lowest BCUT2D eigenvalue weighted by molar-refractivity contribution is -0.111. The van der Waals surface area contributed by atoms with Crippen LogP contribution in [0.25, 0.3) is 0 Å². The molecular weight excluding hydrogens is 723 g/mol. The van der Waals surface area contributed by atoms with E-state index in [0.29, 0.717) is 5.12 Å². The number of carbonyl (C=O) groups excluding carboxylic acids is 1. The van der Waals surface area contributed by atoms with E-state index in [0.717, 1.165) is 50.7 Å². The van der Waals surface area contributed by atoms with Gasteiger partial charge in [0, 0.05) is 24.3 Å².